The Morgan fingerprint density at radius 3 is 2.86 bits per heavy atom. The van der Waals surface area contributed by atoms with Crippen LogP contribution in [0.15, 0.2) is 29.5 Å². The summed E-state index contributed by atoms with van der Waals surface area (Å²) in [6.45, 7) is 4.04. The van der Waals surface area contributed by atoms with Crippen molar-refractivity contribution in [3.8, 4) is 0 Å². The Morgan fingerprint density at radius 2 is 2.29 bits per heavy atom. The van der Waals surface area contributed by atoms with Gasteiger partial charge in [0.25, 0.3) is 0 Å². The fourth-order valence-corrected chi connectivity index (χ4v) is 1.01. The van der Waals surface area contributed by atoms with Gasteiger partial charge in [-0.2, -0.15) is 5.10 Å². The Balaban J connectivity index is 2.78. The molecule has 1 rings (SSSR count). The Morgan fingerprint density at radius 1 is 1.50 bits per heavy atom. The molecule has 0 radical (unpaired) electrons. The number of hydrazone groups is 1. The molecule has 1 aromatic rings. The van der Waals surface area contributed by atoms with E-state index >= 15 is 0 Å². The van der Waals surface area contributed by atoms with Crippen LogP contribution in [0.1, 0.15) is 18.2 Å². The molecular weight excluding hydrogens is 174 g/mol. The van der Waals surface area contributed by atoms with Crippen molar-refractivity contribution in [2.75, 3.05) is 7.05 Å². The zero-order valence-electron chi connectivity index (χ0n) is 8.78. The van der Waals surface area contributed by atoms with E-state index < -0.39 is 0 Å². The summed E-state index contributed by atoms with van der Waals surface area (Å²) < 4.78 is 0. The van der Waals surface area contributed by atoms with Gasteiger partial charge in [-0.3, -0.25) is 4.98 Å². The molecule has 0 aliphatic heterocycles. The van der Waals surface area contributed by atoms with Crippen molar-refractivity contribution < 1.29 is 0 Å². The SMILES string of the molecule is CN/N=C\C=C(/C)c1ccc(C)cn1. The summed E-state index contributed by atoms with van der Waals surface area (Å²) >= 11 is 0. The monoisotopic (exact) mass is 189 g/mol. The lowest BCUT2D eigenvalue weighted by Gasteiger charge is -1.99. The van der Waals surface area contributed by atoms with Gasteiger partial charge in [-0.1, -0.05) is 6.07 Å². The minimum absolute atomic E-state index is 0.984. The second-order valence-corrected chi connectivity index (χ2v) is 3.07. The lowest BCUT2D eigenvalue weighted by atomic mass is 10.2. The average Bonchev–Trinajstić information content (AvgIpc) is 2.19. The number of hydrogen-bond donors (Lipinski definition) is 1. The van der Waals surface area contributed by atoms with Crippen LogP contribution < -0.4 is 5.43 Å². The summed E-state index contributed by atoms with van der Waals surface area (Å²) in [5.74, 6) is 0. The van der Waals surface area contributed by atoms with Gasteiger partial charge in [-0.15, -0.1) is 0 Å². The van der Waals surface area contributed by atoms with Gasteiger partial charge < -0.3 is 5.43 Å². The number of pyridine rings is 1. The standard InChI is InChI=1S/C11H15N3/c1-9-4-5-11(13-8-9)10(2)6-7-14-12-3/h4-8,12H,1-3H3/b10-6+,14-7-. The molecule has 3 heteroatoms. The minimum Gasteiger partial charge on any atom is -0.313 e. The summed E-state index contributed by atoms with van der Waals surface area (Å²) in [6, 6.07) is 4.06. The van der Waals surface area contributed by atoms with Crippen LogP contribution in [0.3, 0.4) is 0 Å². The quantitative estimate of drug-likeness (QED) is 0.583. The van der Waals surface area contributed by atoms with E-state index in [1.807, 2.05) is 32.2 Å². The molecule has 0 saturated heterocycles. The normalized spacial score (nSPS) is 12.1. The number of nitrogens with one attached hydrogen (secondary N) is 1. The molecule has 0 amide bonds. The van der Waals surface area contributed by atoms with Gasteiger partial charge in [-0.05, 0) is 37.1 Å². The van der Waals surface area contributed by atoms with Gasteiger partial charge >= 0.3 is 0 Å². The molecule has 0 unspecified atom stereocenters. The molecule has 0 fully saturated rings. The molecule has 0 saturated carbocycles. The summed E-state index contributed by atoms with van der Waals surface area (Å²) in [6.07, 6.45) is 5.51. The predicted molar refractivity (Wildman–Crippen MR) is 60.2 cm³/mol. The Bertz CT molecular complexity index is 336. The maximum Gasteiger partial charge on any atom is 0.0659 e. The van der Waals surface area contributed by atoms with Crippen LogP contribution in [-0.2, 0) is 0 Å². The maximum absolute atomic E-state index is 4.31. The number of allylic oxidation sites excluding steroid dienone is 2. The van der Waals surface area contributed by atoms with Crippen LogP contribution in [0.25, 0.3) is 5.57 Å². The van der Waals surface area contributed by atoms with Crippen LogP contribution in [-0.4, -0.2) is 18.2 Å². The third kappa shape index (κ3) is 3.01. The van der Waals surface area contributed by atoms with E-state index in [0.29, 0.717) is 0 Å². The Labute approximate surface area is 84.6 Å². The highest BCUT2D eigenvalue weighted by Crippen LogP contribution is 2.09. The van der Waals surface area contributed by atoms with Gasteiger partial charge in [0.1, 0.15) is 0 Å². The summed E-state index contributed by atoms with van der Waals surface area (Å²) in [7, 11) is 1.77. The number of rotatable bonds is 3. The van der Waals surface area contributed by atoms with Crippen molar-refractivity contribution in [3.63, 3.8) is 0 Å². The molecule has 3 nitrogen and oxygen atoms in total. The summed E-state index contributed by atoms with van der Waals surface area (Å²) in [5.41, 5.74) is 5.95. The number of nitrogens with zero attached hydrogens (tertiary/aromatic N) is 2. The number of aryl methyl sites for hydroxylation is 1. The van der Waals surface area contributed by atoms with Crippen LogP contribution in [0.2, 0.25) is 0 Å². The highest BCUT2D eigenvalue weighted by molar-refractivity contribution is 5.82. The number of aromatic nitrogens is 1. The van der Waals surface area contributed by atoms with Gasteiger partial charge in [0, 0.05) is 19.5 Å². The van der Waals surface area contributed by atoms with Crippen molar-refractivity contribution in [3.05, 3.63) is 35.7 Å². The second kappa shape index (κ2) is 5.17. The van der Waals surface area contributed by atoms with E-state index in [2.05, 4.69) is 21.6 Å². The van der Waals surface area contributed by atoms with E-state index in [1.165, 1.54) is 5.56 Å². The van der Waals surface area contributed by atoms with Gasteiger partial charge in [0.2, 0.25) is 0 Å². The first-order valence-electron chi connectivity index (χ1n) is 4.53. The first-order valence-corrected chi connectivity index (χ1v) is 4.53. The third-order valence-corrected chi connectivity index (χ3v) is 1.84. The highest BCUT2D eigenvalue weighted by Gasteiger charge is 1.94. The van der Waals surface area contributed by atoms with Crippen molar-refractivity contribution in [1.29, 1.82) is 0 Å². The molecule has 14 heavy (non-hydrogen) atoms. The minimum atomic E-state index is 0.984. The molecule has 0 atom stereocenters. The molecule has 0 aliphatic carbocycles. The molecule has 1 aromatic heterocycles. The van der Waals surface area contributed by atoms with E-state index in [1.54, 1.807) is 13.3 Å². The third-order valence-electron chi connectivity index (χ3n) is 1.84. The van der Waals surface area contributed by atoms with Crippen LogP contribution in [0.5, 0.6) is 0 Å². The molecule has 0 bridgehead atoms. The molecule has 0 spiro atoms. The van der Waals surface area contributed by atoms with E-state index in [0.717, 1.165) is 11.3 Å². The molecule has 1 N–H and O–H groups in total. The van der Waals surface area contributed by atoms with Crippen LogP contribution in [0.4, 0.5) is 0 Å². The maximum atomic E-state index is 4.31. The van der Waals surface area contributed by atoms with E-state index in [4.69, 9.17) is 0 Å². The number of hydrogen-bond acceptors (Lipinski definition) is 3. The average molecular weight is 189 g/mol. The summed E-state index contributed by atoms with van der Waals surface area (Å²) in [4.78, 5) is 4.31. The molecule has 0 aromatic carbocycles. The lowest BCUT2D eigenvalue weighted by molar-refractivity contribution is 0.909. The molecular formula is C11H15N3. The van der Waals surface area contributed by atoms with E-state index in [-0.39, 0.29) is 0 Å². The molecule has 0 aliphatic rings. The first kappa shape index (κ1) is 10.4. The zero-order valence-corrected chi connectivity index (χ0v) is 8.78. The van der Waals surface area contributed by atoms with Gasteiger partial charge in [0.15, 0.2) is 0 Å². The largest absolute Gasteiger partial charge is 0.313 e. The second-order valence-electron chi connectivity index (χ2n) is 3.07. The molecule has 1 heterocycles. The van der Waals surface area contributed by atoms with Gasteiger partial charge in [0.05, 0.1) is 5.69 Å². The lowest BCUT2D eigenvalue weighted by Crippen LogP contribution is -1.93. The topological polar surface area (TPSA) is 37.3 Å². The van der Waals surface area contributed by atoms with Crippen molar-refractivity contribution in [2.24, 2.45) is 5.10 Å². The Kier molecular flexibility index (Phi) is 3.85. The van der Waals surface area contributed by atoms with Gasteiger partial charge in [-0.25, -0.2) is 0 Å². The zero-order chi connectivity index (χ0) is 10.4. The Hall–Kier alpha value is -1.64. The highest BCUT2D eigenvalue weighted by atomic mass is 15.3. The predicted octanol–water partition coefficient (Wildman–Crippen LogP) is 2.00. The van der Waals surface area contributed by atoms with Crippen molar-refractivity contribution >= 4 is 11.8 Å². The van der Waals surface area contributed by atoms with Crippen LogP contribution >= 0.6 is 0 Å². The summed E-state index contributed by atoms with van der Waals surface area (Å²) in [5, 5.41) is 3.88. The molecule has 74 valence electrons. The van der Waals surface area contributed by atoms with Crippen LogP contribution in [0, 0.1) is 6.92 Å². The van der Waals surface area contributed by atoms with Crippen molar-refractivity contribution in [1.82, 2.24) is 10.4 Å². The fraction of sp³-hybridized carbons (Fsp3) is 0.273. The van der Waals surface area contributed by atoms with E-state index in [9.17, 15) is 0 Å². The van der Waals surface area contributed by atoms with Crippen molar-refractivity contribution in [2.45, 2.75) is 13.8 Å². The smallest absolute Gasteiger partial charge is 0.0659 e. The fourth-order valence-electron chi connectivity index (χ4n) is 1.01. The first-order chi connectivity index (χ1) is 6.74.